The van der Waals surface area contributed by atoms with Crippen molar-refractivity contribution in [2.45, 2.75) is 52.1 Å². The first kappa shape index (κ1) is 13.5. The fraction of sp³-hybridized carbons (Fsp3) is 0.923. The molecule has 1 aliphatic rings. The Hall–Kier alpha value is -0.570. The summed E-state index contributed by atoms with van der Waals surface area (Å²) in [7, 11) is 1.77. The van der Waals surface area contributed by atoms with Gasteiger partial charge in [-0.2, -0.15) is 0 Å². The summed E-state index contributed by atoms with van der Waals surface area (Å²) in [6, 6.07) is 0. The molecule has 1 fully saturated rings. The fourth-order valence-corrected chi connectivity index (χ4v) is 2.67. The molecular formula is C13H24O3. The van der Waals surface area contributed by atoms with E-state index in [0.717, 1.165) is 32.1 Å². The van der Waals surface area contributed by atoms with Crippen molar-refractivity contribution in [3.63, 3.8) is 0 Å². The van der Waals surface area contributed by atoms with Gasteiger partial charge in [0.25, 0.3) is 0 Å². The number of carbonyl (C=O) groups excluding carboxylic acids is 1. The van der Waals surface area contributed by atoms with Crippen LogP contribution in [-0.2, 0) is 14.3 Å². The maximum absolute atomic E-state index is 11.8. The Kier molecular flexibility index (Phi) is 5.81. The first-order valence-corrected chi connectivity index (χ1v) is 6.42. The SMILES string of the molecule is CCOC(=O)C(CC)C1CCC(OC)CC1. The molecule has 1 unspecified atom stereocenters. The highest BCUT2D eigenvalue weighted by atomic mass is 16.5. The molecule has 0 N–H and O–H groups in total. The molecule has 0 aliphatic heterocycles. The second kappa shape index (κ2) is 6.89. The second-order valence-corrected chi connectivity index (χ2v) is 4.54. The lowest BCUT2D eigenvalue weighted by molar-refractivity contribution is -0.151. The van der Waals surface area contributed by atoms with Crippen LogP contribution in [-0.4, -0.2) is 25.8 Å². The van der Waals surface area contributed by atoms with Gasteiger partial charge in [0.1, 0.15) is 0 Å². The molecular weight excluding hydrogens is 204 g/mol. The van der Waals surface area contributed by atoms with Crippen molar-refractivity contribution in [2.75, 3.05) is 13.7 Å². The molecule has 0 aromatic rings. The molecule has 16 heavy (non-hydrogen) atoms. The van der Waals surface area contributed by atoms with Crippen LogP contribution in [0.2, 0.25) is 0 Å². The molecule has 1 aliphatic carbocycles. The number of ether oxygens (including phenoxy) is 2. The molecule has 0 bridgehead atoms. The molecule has 3 heteroatoms. The van der Waals surface area contributed by atoms with Gasteiger partial charge in [-0.25, -0.2) is 0 Å². The number of esters is 1. The van der Waals surface area contributed by atoms with E-state index in [1.165, 1.54) is 0 Å². The van der Waals surface area contributed by atoms with Crippen LogP contribution >= 0.6 is 0 Å². The summed E-state index contributed by atoms with van der Waals surface area (Å²) in [5.41, 5.74) is 0. The Morgan fingerprint density at radius 2 is 1.88 bits per heavy atom. The monoisotopic (exact) mass is 228 g/mol. The molecule has 3 nitrogen and oxygen atoms in total. The quantitative estimate of drug-likeness (QED) is 0.679. The summed E-state index contributed by atoms with van der Waals surface area (Å²) in [6.07, 6.45) is 5.64. The summed E-state index contributed by atoms with van der Waals surface area (Å²) in [5.74, 6) is 0.582. The topological polar surface area (TPSA) is 35.5 Å². The van der Waals surface area contributed by atoms with E-state index < -0.39 is 0 Å². The number of hydrogen-bond donors (Lipinski definition) is 0. The lowest BCUT2D eigenvalue weighted by Crippen LogP contribution is -2.30. The summed E-state index contributed by atoms with van der Waals surface area (Å²) < 4.78 is 10.5. The highest BCUT2D eigenvalue weighted by Crippen LogP contribution is 2.33. The van der Waals surface area contributed by atoms with E-state index >= 15 is 0 Å². The summed E-state index contributed by atoms with van der Waals surface area (Å²) in [5, 5.41) is 0. The molecule has 0 spiro atoms. The van der Waals surface area contributed by atoms with Crippen LogP contribution in [0.5, 0.6) is 0 Å². The molecule has 0 aromatic heterocycles. The van der Waals surface area contributed by atoms with Crippen LogP contribution in [0.1, 0.15) is 46.0 Å². The van der Waals surface area contributed by atoms with Crippen LogP contribution in [0.15, 0.2) is 0 Å². The van der Waals surface area contributed by atoms with Crippen LogP contribution < -0.4 is 0 Å². The van der Waals surface area contributed by atoms with Gasteiger partial charge in [-0.15, -0.1) is 0 Å². The Labute approximate surface area is 98.5 Å². The van der Waals surface area contributed by atoms with Crippen molar-refractivity contribution >= 4 is 5.97 Å². The maximum Gasteiger partial charge on any atom is 0.309 e. The van der Waals surface area contributed by atoms with Crippen molar-refractivity contribution in [1.29, 1.82) is 0 Å². The zero-order valence-electron chi connectivity index (χ0n) is 10.7. The molecule has 0 radical (unpaired) electrons. The van der Waals surface area contributed by atoms with Crippen molar-refractivity contribution in [3.8, 4) is 0 Å². The fourth-order valence-electron chi connectivity index (χ4n) is 2.67. The zero-order valence-corrected chi connectivity index (χ0v) is 10.7. The normalized spacial score (nSPS) is 27.4. The first-order chi connectivity index (χ1) is 7.72. The Bertz CT molecular complexity index is 207. The molecule has 0 saturated heterocycles. The Morgan fingerprint density at radius 3 is 2.31 bits per heavy atom. The summed E-state index contributed by atoms with van der Waals surface area (Å²) in [6.45, 7) is 4.43. The van der Waals surface area contributed by atoms with Crippen LogP contribution in [0.3, 0.4) is 0 Å². The third-order valence-corrected chi connectivity index (χ3v) is 3.65. The number of rotatable bonds is 5. The number of methoxy groups -OCH3 is 1. The largest absolute Gasteiger partial charge is 0.466 e. The van der Waals surface area contributed by atoms with Gasteiger partial charge in [-0.3, -0.25) is 4.79 Å². The van der Waals surface area contributed by atoms with Crippen LogP contribution in [0.25, 0.3) is 0 Å². The smallest absolute Gasteiger partial charge is 0.309 e. The lowest BCUT2D eigenvalue weighted by atomic mass is 9.78. The van der Waals surface area contributed by atoms with Gasteiger partial charge in [-0.05, 0) is 44.9 Å². The predicted octanol–water partition coefficient (Wildman–Crippen LogP) is 2.78. The zero-order chi connectivity index (χ0) is 12.0. The van der Waals surface area contributed by atoms with Gasteiger partial charge in [-0.1, -0.05) is 6.92 Å². The predicted molar refractivity (Wildman–Crippen MR) is 63.2 cm³/mol. The minimum Gasteiger partial charge on any atom is -0.466 e. The van der Waals surface area contributed by atoms with Gasteiger partial charge in [0.2, 0.25) is 0 Å². The average molecular weight is 228 g/mol. The van der Waals surface area contributed by atoms with Crippen molar-refractivity contribution in [2.24, 2.45) is 11.8 Å². The Balaban J connectivity index is 2.45. The van der Waals surface area contributed by atoms with E-state index in [2.05, 4.69) is 6.92 Å². The minimum absolute atomic E-state index is 0.00846. The van der Waals surface area contributed by atoms with Gasteiger partial charge >= 0.3 is 5.97 Å². The maximum atomic E-state index is 11.8. The molecule has 0 amide bonds. The Morgan fingerprint density at radius 1 is 1.25 bits per heavy atom. The molecule has 0 heterocycles. The molecule has 0 aromatic carbocycles. The van der Waals surface area contributed by atoms with Crippen molar-refractivity contribution in [1.82, 2.24) is 0 Å². The van der Waals surface area contributed by atoms with E-state index in [0.29, 0.717) is 18.6 Å². The number of hydrogen-bond acceptors (Lipinski definition) is 3. The summed E-state index contributed by atoms with van der Waals surface area (Å²) >= 11 is 0. The highest BCUT2D eigenvalue weighted by Gasteiger charge is 2.31. The third kappa shape index (κ3) is 3.48. The van der Waals surface area contributed by atoms with E-state index in [-0.39, 0.29) is 11.9 Å². The molecule has 1 rings (SSSR count). The van der Waals surface area contributed by atoms with E-state index in [9.17, 15) is 4.79 Å². The van der Waals surface area contributed by atoms with E-state index in [1.54, 1.807) is 7.11 Å². The van der Waals surface area contributed by atoms with E-state index in [4.69, 9.17) is 9.47 Å². The average Bonchev–Trinajstić information content (AvgIpc) is 2.31. The van der Waals surface area contributed by atoms with Gasteiger partial charge in [0.15, 0.2) is 0 Å². The molecule has 94 valence electrons. The lowest BCUT2D eigenvalue weighted by Gasteiger charge is -2.31. The van der Waals surface area contributed by atoms with Gasteiger partial charge in [0.05, 0.1) is 18.6 Å². The van der Waals surface area contributed by atoms with Crippen LogP contribution in [0.4, 0.5) is 0 Å². The third-order valence-electron chi connectivity index (χ3n) is 3.65. The molecule has 1 saturated carbocycles. The highest BCUT2D eigenvalue weighted by molar-refractivity contribution is 5.72. The van der Waals surface area contributed by atoms with Crippen molar-refractivity contribution < 1.29 is 14.3 Å². The minimum atomic E-state index is -0.00846. The van der Waals surface area contributed by atoms with Gasteiger partial charge in [0, 0.05) is 7.11 Å². The van der Waals surface area contributed by atoms with Crippen molar-refractivity contribution in [3.05, 3.63) is 0 Å². The van der Waals surface area contributed by atoms with Gasteiger partial charge < -0.3 is 9.47 Å². The van der Waals surface area contributed by atoms with Crippen LogP contribution in [0, 0.1) is 11.8 Å². The standard InChI is InChI=1S/C13H24O3/c1-4-12(13(14)16-5-2)10-6-8-11(15-3)9-7-10/h10-12H,4-9H2,1-3H3. The number of carbonyl (C=O) groups is 1. The van der Waals surface area contributed by atoms with E-state index in [1.807, 2.05) is 6.92 Å². The first-order valence-electron chi connectivity index (χ1n) is 6.42. The summed E-state index contributed by atoms with van der Waals surface area (Å²) in [4.78, 5) is 11.8. The molecule has 1 atom stereocenters. The second-order valence-electron chi connectivity index (χ2n) is 4.54.